The number of aliphatic hydroxyl groups excluding tert-OH is 1. The first-order chi connectivity index (χ1) is 8.56. The van der Waals surface area contributed by atoms with Gasteiger partial charge in [0, 0.05) is 12.1 Å². The lowest BCUT2D eigenvalue weighted by Crippen LogP contribution is -2.36. The molecule has 2 unspecified atom stereocenters. The standard InChI is InChI=1S/C15H24FNO/c1-4-14(5-2)17-11(3)10-15(18)12-6-8-13(16)9-7-12/h6-9,11,14-15,17-18H,4-5,10H2,1-3H3. The maximum atomic E-state index is 12.8. The van der Waals surface area contributed by atoms with E-state index in [9.17, 15) is 9.50 Å². The molecule has 1 aromatic rings. The fraction of sp³-hybridized carbons (Fsp3) is 0.600. The fourth-order valence-corrected chi connectivity index (χ4v) is 2.15. The van der Waals surface area contributed by atoms with Gasteiger partial charge >= 0.3 is 0 Å². The highest BCUT2D eigenvalue weighted by Gasteiger charge is 2.14. The average Bonchev–Trinajstić information content (AvgIpc) is 2.36. The molecule has 0 aromatic heterocycles. The van der Waals surface area contributed by atoms with Crippen LogP contribution in [-0.2, 0) is 0 Å². The van der Waals surface area contributed by atoms with E-state index >= 15 is 0 Å². The van der Waals surface area contributed by atoms with Gasteiger partial charge in [-0.05, 0) is 43.9 Å². The average molecular weight is 253 g/mol. The molecule has 18 heavy (non-hydrogen) atoms. The van der Waals surface area contributed by atoms with Crippen LogP contribution >= 0.6 is 0 Å². The summed E-state index contributed by atoms with van der Waals surface area (Å²) in [7, 11) is 0. The molecule has 3 heteroatoms. The zero-order valence-corrected chi connectivity index (χ0v) is 11.5. The van der Waals surface area contributed by atoms with Gasteiger partial charge in [0.1, 0.15) is 5.82 Å². The van der Waals surface area contributed by atoms with Crippen LogP contribution in [0, 0.1) is 5.82 Å². The first-order valence-corrected chi connectivity index (χ1v) is 6.76. The summed E-state index contributed by atoms with van der Waals surface area (Å²) in [6, 6.07) is 6.80. The van der Waals surface area contributed by atoms with Crippen LogP contribution < -0.4 is 5.32 Å². The molecular formula is C15H24FNO. The zero-order chi connectivity index (χ0) is 13.5. The van der Waals surface area contributed by atoms with E-state index in [0.717, 1.165) is 18.4 Å². The zero-order valence-electron chi connectivity index (χ0n) is 11.5. The third-order valence-electron chi connectivity index (χ3n) is 3.34. The molecule has 0 saturated carbocycles. The molecule has 0 saturated heterocycles. The van der Waals surface area contributed by atoms with E-state index < -0.39 is 6.10 Å². The summed E-state index contributed by atoms with van der Waals surface area (Å²) in [4.78, 5) is 0. The first kappa shape index (κ1) is 15.1. The molecule has 1 rings (SSSR count). The molecule has 0 bridgehead atoms. The lowest BCUT2D eigenvalue weighted by molar-refractivity contribution is 0.151. The Morgan fingerprint density at radius 1 is 1.17 bits per heavy atom. The summed E-state index contributed by atoms with van der Waals surface area (Å²) < 4.78 is 12.8. The van der Waals surface area contributed by atoms with Crippen molar-refractivity contribution in [2.45, 2.75) is 58.2 Å². The van der Waals surface area contributed by atoms with Gasteiger partial charge in [-0.1, -0.05) is 26.0 Å². The second kappa shape index (κ2) is 7.49. The van der Waals surface area contributed by atoms with E-state index in [2.05, 4.69) is 26.1 Å². The van der Waals surface area contributed by atoms with Crippen molar-refractivity contribution in [3.05, 3.63) is 35.6 Å². The molecule has 0 spiro atoms. The van der Waals surface area contributed by atoms with Crippen molar-refractivity contribution < 1.29 is 9.50 Å². The van der Waals surface area contributed by atoms with Gasteiger partial charge in [0.2, 0.25) is 0 Å². The third kappa shape index (κ3) is 4.75. The summed E-state index contributed by atoms with van der Waals surface area (Å²) in [6.07, 6.45) is 2.28. The Balaban J connectivity index is 2.48. The number of hydrogen-bond donors (Lipinski definition) is 2. The number of nitrogens with one attached hydrogen (secondary N) is 1. The van der Waals surface area contributed by atoms with Crippen LogP contribution in [0.15, 0.2) is 24.3 Å². The highest BCUT2D eigenvalue weighted by Crippen LogP contribution is 2.19. The van der Waals surface area contributed by atoms with Crippen LogP contribution in [-0.4, -0.2) is 17.2 Å². The van der Waals surface area contributed by atoms with Crippen LogP contribution in [0.1, 0.15) is 51.7 Å². The van der Waals surface area contributed by atoms with Gasteiger partial charge in [-0.2, -0.15) is 0 Å². The molecule has 0 fully saturated rings. The van der Waals surface area contributed by atoms with Gasteiger partial charge < -0.3 is 10.4 Å². The van der Waals surface area contributed by atoms with E-state index in [1.807, 2.05) is 0 Å². The highest BCUT2D eigenvalue weighted by atomic mass is 19.1. The molecule has 0 aliphatic heterocycles. The Morgan fingerprint density at radius 2 is 1.72 bits per heavy atom. The van der Waals surface area contributed by atoms with Gasteiger partial charge in [0.25, 0.3) is 0 Å². The van der Waals surface area contributed by atoms with Crippen molar-refractivity contribution in [2.24, 2.45) is 0 Å². The Hall–Kier alpha value is -0.930. The molecular weight excluding hydrogens is 229 g/mol. The van der Waals surface area contributed by atoms with E-state index in [-0.39, 0.29) is 11.9 Å². The molecule has 2 N–H and O–H groups in total. The van der Waals surface area contributed by atoms with Crippen LogP contribution in [0.25, 0.3) is 0 Å². The summed E-state index contributed by atoms with van der Waals surface area (Å²) in [5, 5.41) is 13.6. The number of halogens is 1. The minimum atomic E-state index is -0.539. The quantitative estimate of drug-likeness (QED) is 0.780. The van der Waals surface area contributed by atoms with Gasteiger partial charge in [-0.25, -0.2) is 4.39 Å². The molecule has 0 aliphatic carbocycles. The SMILES string of the molecule is CCC(CC)NC(C)CC(O)c1ccc(F)cc1. The molecule has 1 aromatic carbocycles. The summed E-state index contributed by atoms with van der Waals surface area (Å²) in [6.45, 7) is 6.39. The summed E-state index contributed by atoms with van der Waals surface area (Å²) in [5.41, 5.74) is 0.773. The predicted octanol–water partition coefficient (Wildman–Crippen LogP) is 3.42. The minimum absolute atomic E-state index is 0.245. The molecule has 2 nitrogen and oxygen atoms in total. The maximum Gasteiger partial charge on any atom is 0.123 e. The topological polar surface area (TPSA) is 32.3 Å². The normalized spacial score (nSPS) is 14.8. The Bertz CT molecular complexity index is 335. The second-order valence-electron chi connectivity index (χ2n) is 4.88. The van der Waals surface area contributed by atoms with Gasteiger partial charge in [0.15, 0.2) is 0 Å². The van der Waals surface area contributed by atoms with E-state index in [1.165, 1.54) is 12.1 Å². The second-order valence-corrected chi connectivity index (χ2v) is 4.88. The highest BCUT2D eigenvalue weighted by molar-refractivity contribution is 5.18. The van der Waals surface area contributed by atoms with Gasteiger partial charge in [-0.15, -0.1) is 0 Å². The van der Waals surface area contributed by atoms with E-state index in [1.54, 1.807) is 12.1 Å². The van der Waals surface area contributed by atoms with Crippen LogP contribution in [0.2, 0.25) is 0 Å². The first-order valence-electron chi connectivity index (χ1n) is 6.76. The van der Waals surface area contributed by atoms with Crippen LogP contribution in [0.3, 0.4) is 0 Å². The Kier molecular flexibility index (Phi) is 6.30. The number of hydrogen-bond acceptors (Lipinski definition) is 2. The fourth-order valence-electron chi connectivity index (χ4n) is 2.15. The van der Waals surface area contributed by atoms with Gasteiger partial charge in [0.05, 0.1) is 6.10 Å². The van der Waals surface area contributed by atoms with Crippen molar-refractivity contribution in [1.29, 1.82) is 0 Å². The molecule has 102 valence electrons. The summed E-state index contributed by atoms with van der Waals surface area (Å²) >= 11 is 0. The van der Waals surface area contributed by atoms with E-state index in [0.29, 0.717) is 12.5 Å². The van der Waals surface area contributed by atoms with E-state index in [4.69, 9.17) is 0 Å². The maximum absolute atomic E-state index is 12.8. The van der Waals surface area contributed by atoms with Crippen molar-refractivity contribution in [1.82, 2.24) is 5.32 Å². The number of rotatable bonds is 7. The monoisotopic (exact) mass is 253 g/mol. The van der Waals surface area contributed by atoms with Crippen LogP contribution in [0.4, 0.5) is 4.39 Å². The molecule has 0 amide bonds. The summed E-state index contributed by atoms with van der Waals surface area (Å²) in [5.74, 6) is -0.269. The molecule has 0 radical (unpaired) electrons. The Labute approximate surface area is 109 Å². The van der Waals surface area contributed by atoms with Gasteiger partial charge in [-0.3, -0.25) is 0 Å². The molecule has 2 atom stereocenters. The number of aliphatic hydroxyl groups is 1. The molecule has 0 aliphatic rings. The third-order valence-corrected chi connectivity index (χ3v) is 3.34. The minimum Gasteiger partial charge on any atom is -0.388 e. The lowest BCUT2D eigenvalue weighted by Gasteiger charge is -2.23. The lowest BCUT2D eigenvalue weighted by atomic mass is 10.0. The Morgan fingerprint density at radius 3 is 2.22 bits per heavy atom. The van der Waals surface area contributed by atoms with Crippen molar-refractivity contribution in [3.63, 3.8) is 0 Å². The predicted molar refractivity (Wildman–Crippen MR) is 72.9 cm³/mol. The van der Waals surface area contributed by atoms with Crippen molar-refractivity contribution >= 4 is 0 Å². The largest absolute Gasteiger partial charge is 0.388 e. The van der Waals surface area contributed by atoms with Crippen molar-refractivity contribution in [3.8, 4) is 0 Å². The molecule has 0 heterocycles. The van der Waals surface area contributed by atoms with Crippen LogP contribution in [0.5, 0.6) is 0 Å². The van der Waals surface area contributed by atoms with Crippen molar-refractivity contribution in [2.75, 3.05) is 0 Å². The number of benzene rings is 1. The smallest absolute Gasteiger partial charge is 0.123 e.